The normalized spacial score (nSPS) is 14.2. The molecule has 3 aromatic carbocycles. The molecule has 0 heterocycles. The van der Waals surface area contributed by atoms with Crippen molar-refractivity contribution in [3.8, 4) is 11.1 Å². The van der Waals surface area contributed by atoms with Gasteiger partial charge in [0.25, 0.3) is 5.91 Å². The van der Waals surface area contributed by atoms with Gasteiger partial charge in [0, 0.05) is 25.1 Å². The predicted octanol–water partition coefficient (Wildman–Crippen LogP) is 4.06. The zero-order valence-corrected chi connectivity index (χ0v) is 23.7. The summed E-state index contributed by atoms with van der Waals surface area (Å²) in [4.78, 5) is 50.7. The van der Waals surface area contributed by atoms with Crippen molar-refractivity contribution in [2.24, 2.45) is 0 Å². The Labute approximate surface area is 251 Å². The van der Waals surface area contributed by atoms with Crippen molar-refractivity contribution in [1.82, 2.24) is 21.3 Å². The highest BCUT2D eigenvalue weighted by atomic mass is 19.4. The third-order valence-electron chi connectivity index (χ3n) is 7.21. The number of rotatable bonds is 13. The Bertz CT molecular complexity index is 1480. The molecule has 0 aliphatic heterocycles. The average molecular weight is 613 g/mol. The molecule has 1 aliphatic carbocycles. The van der Waals surface area contributed by atoms with Crippen molar-refractivity contribution >= 4 is 23.6 Å². The molecule has 0 radical (unpaired) electrons. The second-order valence-electron chi connectivity index (χ2n) is 10.6. The Balaban J connectivity index is 1.31. The minimum atomic E-state index is -4.64. The summed E-state index contributed by atoms with van der Waals surface area (Å²) in [5.41, 5.74) is 0.527. The van der Waals surface area contributed by atoms with Crippen LogP contribution in [0, 0.1) is 5.82 Å². The van der Waals surface area contributed by atoms with Crippen LogP contribution in [0.2, 0.25) is 0 Å². The van der Waals surface area contributed by atoms with E-state index in [1.54, 1.807) is 18.2 Å². The van der Waals surface area contributed by atoms with Crippen LogP contribution >= 0.6 is 0 Å². The number of halogens is 4. The van der Waals surface area contributed by atoms with Crippen LogP contribution in [0.25, 0.3) is 11.1 Å². The van der Waals surface area contributed by atoms with Crippen molar-refractivity contribution in [2.75, 3.05) is 13.1 Å². The number of hydrogen-bond acceptors (Lipinski definition) is 4. The Morgan fingerprint density at radius 2 is 1.45 bits per heavy atom. The predicted molar refractivity (Wildman–Crippen MR) is 155 cm³/mol. The molecule has 8 nitrogen and oxygen atoms in total. The van der Waals surface area contributed by atoms with Gasteiger partial charge in [-0.1, -0.05) is 54.6 Å². The zero-order valence-electron chi connectivity index (χ0n) is 23.7. The molecule has 232 valence electrons. The van der Waals surface area contributed by atoms with Crippen LogP contribution in [0.4, 0.5) is 17.6 Å². The van der Waals surface area contributed by atoms with E-state index in [1.165, 1.54) is 24.3 Å². The molecule has 0 aromatic heterocycles. The number of benzene rings is 3. The highest BCUT2D eigenvalue weighted by molar-refractivity contribution is 5.95. The van der Waals surface area contributed by atoms with Crippen molar-refractivity contribution in [3.05, 3.63) is 95.8 Å². The summed E-state index contributed by atoms with van der Waals surface area (Å²) < 4.78 is 53.1. The average Bonchev–Trinajstić information content (AvgIpc) is 3.80. The van der Waals surface area contributed by atoms with Crippen molar-refractivity contribution in [3.63, 3.8) is 0 Å². The third kappa shape index (κ3) is 8.88. The highest BCUT2D eigenvalue weighted by Gasteiger charge is 2.64. The number of carbonyl (C=O) groups excluding carboxylic acids is 4. The number of hydrogen-bond donors (Lipinski definition) is 4. The van der Waals surface area contributed by atoms with Gasteiger partial charge in [-0.3, -0.25) is 19.2 Å². The van der Waals surface area contributed by atoms with E-state index in [0.717, 1.165) is 11.1 Å². The zero-order chi connectivity index (χ0) is 31.7. The van der Waals surface area contributed by atoms with Crippen LogP contribution in [0.1, 0.15) is 41.6 Å². The summed E-state index contributed by atoms with van der Waals surface area (Å²) in [6.07, 6.45) is -5.79. The molecule has 3 aromatic rings. The minimum Gasteiger partial charge on any atom is -0.353 e. The second-order valence-corrected chi connectivity index (χ2v) is 10.6. The van der Waals surface area contributed by atoms with Gasteiger partial charge in [0.1, 0.15) is 17.4 Å². The van der Waals surface area contributed by atoms with E-state index in [9.17, 15) is 36.7 Å². The first-order valence-electron chi connectivity index (χ1n) is 14.1. The van der Waals surface area contributed by atoms with Gasteiger partial charge in [0.15, 0.2) is 0 Å². The van der Waals surface area contributed by atoms with E-state index in [-0.39, 0.29) is 44.7 Å². The first-order chi connectivity index (χ1) is 21.0. The van der Waals surface area contributed by atoms with Gasteiger partial charge < -0.3 is 21.3 Å². The van der Waals surface area contributed by atoms with E-state index in [4.69, 9.17) is 0 Å². The maximum absolute atomic E-state index is 13.3. The van der Waals surface area contributed by atoms with E-state index in [0.29, 0.717) is 11.1 Å². The summed E-state index contributed by atoms with van der Waals surface area (Å²) in [5, 5.41) is 9.57. The molecule has 4 amide bonds. The largest absolute Gasteiger partial charge is 0.411 e. The molecule has 0 spiro atoms. The van der Waals surface area contributed by atoms with Crippen molar-refractivity contribution in [1.29, 1.82) is 0 Å². The molecule has 0 saturated heterocycles. The molecule has 1 unspecified atom stereocenters. The first-order valence-corrected chi connectivity index (χ1v) is 14.1. The standard InChI is InChI=1S/C32H32F4N4O4/c33-25-12-9-21(10-13-25)11-14-27(41)39-26(20-28(42)40-31(15-16-31)32(34,35)36)30(44)38-18-17-37-29(43)24-8-4-7-23(19-24)22-5-2-1-3-6-22/h1-10,12-13,19,26H,11,14-18,20H2,(H,37,43)(H,38,44)(H,39,41)(H,40,42). The van der Waals surface area contributed by atoms with Crippen LogP contribution in [-0.4, -0.2) is 54.5 Å². The van der Waals surface area contributed by atoms with Gasteiger partial charge in [-0.05, 0) is 60.2 Å². The summed E-state index contributed by atoms with van der Waals surface area (Å²) in [6, 6.07) is 20.5. The topological polar surface area (TPSA) is 116 Å². The molecule has 44 heavy (non-hydrogen) atoms. The van der Waals surface area contributed by atoms with Crippen LogP contribution in [0.5, 0.6) is 0 Å². The lowest BCUT2D eigenvalue weighted by Crippen LogP contribution is -2.53. The van der Waals surface area contributed by atoms with Crippen molar-refractivity contribution < 1.29 is 36.7 Å². The van der Waals surface area contributed by atoms with Gasteiger partial charge in [-0.25, -0.2) is 4.39 Å². The Morgan fingerprint density at radius 3 is 2.11 bits per heavy atom. The van der Waals surface area contributed by atoms with Crippen LogP contribution in [0.3, 0.4) is 0 Å². The maximum Gasteiger partial charge on any atom is 0.411 e. The molecule has 1 aliphatic rings. The molecule has 1 fully saturated rings. The smallest absolute Gasteiger partial charge is 0.353 e. The van der Waals surface area contributed by atoms with Crippen molar-refractivity contribution in [2.45, 2.75) is 49.9 Å². The maximum atomic E-state index is 13.3. The van der Waals surface area contributed by atoms with Gasteiger partial charge in [0.2, 0.25) is 17.7 Å². The summed E-state index contributed by atoms with van der Waals surface area (Å²) in [5.74, 6) is -3.28. The molecule has 4 N–H and O–H groups in total. The summed E-state index contributed by atoms with van der Waals surface area (Å²) in [7, 11) is 0. The Kier molecular flexibility index (Phi) is 10.4. The molecular formula is C32H32F4N4O4. The van der Waals surface area contributed by atoms with Crippen LogP contribution < -0.4 is 21.3 Å². The van der Waals surface area contributed by atoms with Gasteiger partial charge >= 0.3 is 6.18 Å². The monoisotopic (exact) mass is 612 g/mol. The van der Waals surface area contributed by atoms with Gasteiger partial charge in [-0.2, -0.15) is 13.2 Å². The van der Waals surface area contributed by atoms with Gasteiger partial charge in [-0.15, -0.1) is 0 Å². The molecule has 0 bridgehead atoms. The van der Waals surface area contributed by atoms with Crippen LogP contribution in [0.15, 0.2) is 78.9 Å². The number of aryl methyl sites for hydroxylation is 1. The summed E-state index contributed by atoms with van der Waals surface area (Å²) in [6.45, 7) is -0.0617. The summed E-state index contributed by atoms with van der Waals surface area (Å²) >= 11 is 0. The van der Waals surface area contributed by atoms with E-state index in [1.807, 2.05) is 41.7 Å². The molecule has 1 saturated carbocycles. The minimum absolute atomic E-state index is 0.00868. The fourth-order valence-electron chi connectivity index (χ4n) is 4.55. The molecular weight excluding hydrogens is 580 g/mol. The van der Waals surface area contributed by atoms with Gasteiger partial charge in [0.05, 0.1) is 6.42 Å². The highest BCUT2D eigenvalue weighted by Crippen LogP contribution is 2.48. The van der Waals surface area contributed by atoms with E-state index in [2.05, 4.69) is 16.0 Å². The molecule has 12 heteroatoms. The number of nitrogens with one attached hydrogen (secondary N) is 4. The fourth-order valence-corrected chi connectivity index (χ4v) is 4.55. The third-order valence-corrected chi connectivity index (χ3v) is 7.21. The Hall–Kier alpha value is -4.74. The number of amides is 4. The van der Waals surface area contributed by atoms with Crippen LogP contribution in [-0.2, 0) is 20.8 Å². The second kappa shape index (κ2) is 14.2. The quantitative estimate of drug-likeness (QED) is 0.172. The fraction of sp³-hybridized carbons (Fsp3) is 0.312. The number of carbonyl (C=O) groups is 4. The lowest BCUT2D eigenvalue weighted by Gasteiger charge is -2.23. The van der Waals surface area contributed by atoms with E-state index >= 15 is 0 Å². The molecule has 1 atom stereocenters. The molecule has 4 rings (SSSR count). The SMILES string of the molecule is O=C(CCc1ccc(F)cc1)NC(CC(=O)NC1(C(F)(F)F)CC1)C(=O)NCCNC(=O)c1cccc(-c2ccccc2)c1. The first kappa shape index (κ1) is 32.2. The Morgan fingerprint density at radius 1 is 0.795 bits per heavy atom. The lowest BCUT2D eigenvalue weighted by molar-refractivity contribution is -0.170. The van der Waals surface area contributed by atoms with E-state index < -0.39 is 47.7 Å². The lowest BCUT2D eigenvalue weighted by atomic mass is 10.0. The number of alkyl halides is 3.